The summed E-state index contributed by atoms with van der Waals surface area (Å²) in [5.41, 5.74) is 0.370. The standard InChI is InChI=1S/C21H28F2N2O3/c1-4-15(11-26)19(23)14(2)16-9-17(22)20(24-10-16)25-12-21(3,13-25)28-18-7-5-6-8-27-18/h4,9-10,18,26H,5-8,11-13H2,1-3H3/b15-4-,19-14-. The van der Waals surface area contributed by atoms with Gasteiger partial charge in [-0.25, -0.2) is 13.8 Å². The van der Waals surface area contributed by atoms with Gasteiger partial charge < -0.3 is 19.5 Å². The Kier molecular flexibility index (Phi) is 6.47. The van der Waals surface area contributed by atoms with E-state index in [2.05, 4.69) is 4.98 Å². The van der Waals surface area contributed by atoms with E-state index in [1.54, 1.807) is 13.8 Å². The number of hydrogen-bond donors (Lipinski definition) is 1. The second kappa shape index (κ2) is 8.68. The summed E-state index contributed by atoms with van der Waals surface area (Å²) in [7, 11) is 0. The smallest absolute Gasteiger partial charge is 0.166 e. The van der Waals surface area contributed by atoms with Crippen LogP contribution in [0.25, 0.3) is 5.57 Å². The van der Waals surface area contributed by atoms with Gasteiger partial charge in [-0.1, -0.05) is 6.08 Å². The van der Waals surface area contributed by atoms with E-state index in [0.29, 0.717) is 18.7 Å². The topological polar surface area (TPSA) is 54.8 Å². The van der Waals surface area contributed by atoms with Crippen LogP contribution in [0, 0.1) is 5.82 Å². The lowest BCUT2D eigenvalue weighted by molar-refractivity contribution is -0.226. The first-order valence-corrected chi connectivity index (χ1v) is 9.70. The molecule has 3 rings (SSSR count). The Balaban J connectivity index is 1.68. The molecule has 0 amide bonds. The van der Waals surface area contributed by atoms with Gasteiger partial charge in [-0.2, -0.15) is 0 Å². The third-order valence-corrected chi connectivity index (χ3v) is 5.29. The van der Waals surface area contributed by atoms with Crippen LogP contribution in [0.4, 0.5) is 14.6 Å². The molecule has 2 aliphatic heterocycles. The molecule has 2 saturated heterocycles. The van der Waals surface area contributed by atoms with E-state index in [1.165, 1.54) is 18.3 Å². The maximum Gasteiger partial charge on any atom is 0.166 e. The van der Waals surface area contributed by atoms with Crippen molar-refractivity contribution in [2.24, 2.45) is 0 Å². The molecular formula is C21H28F2N2O3. The number of hydrogen-bond acceptors (Lipinski definition) is 5. The Morgan fingerprint density at radius 1 is 1.46 bits per heavy atom. The number of aliphatic hydroxyl groups is 1. The third-order valence-electron chi connectivity index (χ3n) is 5.29. The van der Waals surface area contributed by atoms with Crippen LogP contribution in [-0.2, 0) is 9.47 Å². The summed E-state index contributed by atoms with van der Waals surface area (Å²) in [4.78, 5) is 6.02. The van der Waals surface area contributed by atoms with Crippen LogP contribution in [0.1, 0.15) is 45.6 Å². The lowest BCUT2D eigenvalue weighted by Gasteiger charge is -2.49. The molecule has 1 atom stereocenters. The average Bonchev–Trinajstić information content (AvgIpc) is 2.67. The fraction of sp³-hybridized carbons (Fsp3) is 0.571. The van der Waals surface area contributed by atoms with Gasteiger partial charge in [-0.3, -0.25) is 0 Å². The molecule has 7 heteroatoms. The van der Waals surface area contributed by atoms with E-state index in [-0.39, 0.29) is 23.3 Å². The number of aromatic nitrogens is 1. The number of pyridine rings is 1. The quantitative estimate of drug-likeness (QED) is 0.740. The van der Waals surface area contributed by atoms with E-state index in [1.807, 2.05) is 11.8 Å². The molecule has 1 N–H and O–H groups in total. The molecule has 0 radical (unpaired) electrons. The van der Waals surface area contributed by atoms with E-state index in [9.17, 15) is 13.9 Å². The number of ether oxygens (including phenoxy) is 2. The van der Waals surface area contributed by atoms with Crippen molar-refractivity contribution in [2.45, 2.75) is 51.9 Å². The zero-order valence-corrected chi connectivity index (χ0v) is 16.7. The summed E-state index contributed by atoms with van der Waals surface area (Å²) in [5.74, 6) is -0.834. The lowest BCUT2D eigenvalue weighted by atomic mass is 9.95. The second-order valence-corrected chi connectivity index (χ2v) is 7.66. The van der Waals surface area contributed by atoms with Crippen molar-refractivity contribution in [3.8, 4) is 0 Å². The molecule has 2 fully saturated rings. The zero-order chi connectivity index (χ0) is 20.3. The summed E-state index contributed by atoms with van der Waals surface area (Å²) in [6, 6.07) is 1.28. The number of aliphatic hydroxyl groups excluding tert-OH is 1. The first kappa shape index (κ1) is 20.9. The van der Waals surface area contributed by atoms with Crippen LogP contribution in [0.2, 0.25) is 0 Å². The minimum atomic E-state index is -0.559. The number of allylic oxidation sites excluding steroid dienone is 2. The van der Waals surface area contributed by atoms with Gasteiger partial charge in [0.25, 0.3) is 0 Å². The highest BCUT2D eigenvalue weighted by Gasteiger charge is 2.43. The van der Waals surface area contributed by atoms with Crippen molar-refractivity contribution < 1.29 is 23.4 Å². The molecule has 1 aromatic heterocycles. The molecule has 0 bridgehead atoms. The predicted molar refractivity (Wildman–Crippen MR) is 104 cm³/mol. The maximum atomic E-state index is 14.6. The highest BCUT2D eigenvalue weighted by atomic mass is 19.1. The monoisotopic (exact) mass is 394 g/mol. The average molecular weight is 394 g/mol. The fourth-order valence-electron chi connectivity index (χ4n) is 3.63. The molecule has 0 aromatic carbocycles. The Bertz CT molecular complexity index is 767. The molecule has 28 heavy (non-hydrogen) atoms. The highest BCUT2D eigenvalue weighted by Crippen LogP contribution is 2.34. The maximum absolute atomic E-state index is 14.6. The van der Waals surface area contributed by atoms with Crippen molar-refractivity contribution in [3.05, 3.63) is 41.1 Å². The van der Waals surface area contributed by atoms with Crippen molar-refractivity contribution in [2.75, 3.05) is 31.2 Å². The first-order valence-electron chi connectivity index (χ1n) is 9.70. The van der Waals surface area contributed by atoms with Crippen LogP contribution in [-0.4, -0.2) is 48.3 Å². The molecule has 3 heterocycles. The van der Waals surface area contributed by atoms with Gasteiger partial charge in [-0.05, 0) is 51.7 Å². The SMILES string of the molecule is C/C=C(CO)\C(F)=C(/C)c1cnc(N2CC(C)(OC3CCCCO3)C2)c(F)c1. The number of halogens is 2. The van der Waals surface area contributed by atoms with Gasteiger partial charge >= 0.3 is 0 Å². The van der Waals surface area contributed by atoms with Gasteiger partial charge in [0.2, 0.25) is 0 Å². The van der Waals surface area contributed by atoms with E-state index in [0.717, 1.165) is 25.9 Å². The van der Waals surface area contributed by atoms with Crippen molar-refractivity contribution in [3.63, 3.8) is 0 Å². The molecule has 2 aliphatic rings. The largest absolute Gasteiger partial charge is 0.392 e. The van der Waals surface area contributed by atoms with Crippen LogP contribution in [0.15, 0.2) is 29.7 Å². The number of anilines is 1. The summed E-state index contributed by atoms with van der Waals surface area (Å²) in [6.45, 7) is 6.52. The summed E-state index contributed by atoms with van der Waals surface area (Å²) in [5, 5.41) is 9.21. The molecule has 5 nitrogen and oxygen atoms in total. The molecule has 0 saturated carbocycles. The first-order chi connectivity index (χ1) is 13.4. The minimum absolute atomic E-state index is 0.169. The van der Waals surface area contributed by atoms with Gasteiger partial charge in [-0.15, -0.1) is 0 Å². The Morgan fingerprint density at radius 3 is 2.79 bits per heavy atom. The molecule has 0 aliphatic carbocycles. The predicted octanol–water partition coefficient (Wildman–Crippen LogP) is 3.98. The molecule has 154 valence electrons. The normalized spacial score (nSPS) is 23.3. The Labute approximate surface area is 164 Å². The molecule has 1 aromatic rings. The van der Waals surface area contributed by atoms with E-state index >= 15 is 0 Å². The Morgan fingerprint density at radius 2 is 2.21 bits per heavy atom. The van der Waals surface area contributed by atoms with E-state index < -0.39 is 23.9 Å². The van der Waals surface area contributed by atoms with Crippen LogP contribution in [0.3, 0.4) is 0 Å². The van der Waals surface area contributed by atoms with Crippen LogP contribution < -0.4 is 4.90 Å². The third kappa shape index (κ3) is 4.42. The fourth-order valence-corrected chi connectivity index (χ4v) is 3.63. The van der Waals surface area contributed by atoms with Gasteiger partial charge in [0.05, 0.1) is 19.7 Å². The second-order valence-electron chi connectivity index (χ2n) is 7.66. The minimum Gasteiger partial charge on any atom is -0.392 e. The zero-order valence-electron chi connectivity index (χ0n) is 16.7. The van der Waals surface area contributed by atoms with Crippen molar-refractivity contribution in [1.29, 1.82) is 0 Å². The molecule has 1 unspecified atom stereocenters. The summed E-state index contributed by atoms with van der Waals surface area (Å²) < 4.78 is 40.7. The number of nitrogens with zero attached hydrogens (tertiary/aromatic N) is 2. The van der Waals surface area contributed by atoms with Crippen molar-refractivity contribution in [1.82, 2.24) is 4.98 Å². The number of rotatable bonds is 6. The van der Waals surface area contributed by atoms with Crippen LogP contribution >= 0.6 is 0 Å². The Hall–Kier alpha value is -1.83. The van der Waals surface area contributed by atoms with Crippen LogP contribution in [0.5, 0.6) is 0 Å². The molecular weight excluding hydrogens is 366 g/mol. The molecule has 0 spiro atoms. The van der Waals surface area contributed by atoms with Gasteiger partial charge in [0.1, 0.15) is 11.4 Å². The van der Waals surface area contributed by atoms with Crippen molar-refractivity contribution >= 4 is 11.4 Å². The van der Waals surface area contributed by atoms with Gasteiger partial charge in [0.15, 0.2) is 17.9 Å². The van der Waals surface area contributed by atoms with Gasteiger partial charge in [0, 0.05) is 23.9 Å². The lowest BCUT2D eigenvalue weighted by Crippen LogP contribution is -2.63. The summed E-state index contributed by atoms with van der Waals surface area (Å²) >= 11 is 0. The van der Waals surface area contributed by atoms with E-state index in [4.69, 9.17) is 9.47 Å². The highest BCUT2D eigenvalue weighted by molar-refractivity contribution is 5.69. The summed E-state index contributed by atoms with van der Waals surface area (Å²) in [6.07, 6.45) is 5.80.